The molecular formula is C13H14N2O2S. The first-order valence-electron chi connectivity index (χ1n) is 5.92. The van der Waals surface area contributed by atoms with Crippen LogP contribution in [0, 0.1) is 0 Å². The van der Waals surface area contributed by atoms with Crippen molar-refractivity contribution in [1.82, 2.24) is 4.98 Å². The second-order valence-corrected chi connectivity index (χ2v) is 5.75. The first kappa shape index (κ1) is 11.8. The van der Waals surface area contributed by atoms with Gasteiger partial charge < -0.3 is 10.5 Å². The Morgan fingerprint density at radius 3 is 3.06 bits per heavy atom. The summed E-state index contributed by atoms with van der Waals surface area (Å²) in [5, 5.41) is 0.831. The molecule has 1 aromatic heterocycles. The molecule has 1 atom stereocenters. The smallest absolute Gasteiger partial charge is 0.161 e. The summed E-state index contributed by atoms with van der Waals surface area (Å²) in [4.78, 5) is 16.6. The molecule has 0 radical (unpaired) electrons. The number of fused-ring (bicyclic) bond motifs is 1. The summed E-state index contributed by atoms with van der Waals surface area (Å²) in [6, 6.07) is 7.89. The quantitative estimate of drug-likeness (QED) is 0.911. The fraction of sp³-hybridized carbons (Fsp3) is 0.385. The van der Waals surface area contributed by atoms with Crippen molar-refractivity contribution in [3.63, 3.8) is 0 Å². The minimum absolute atomic E-state index is 0.0269. The van der Waals surface area contributed by atoms with Crippen molar-refractivity contribution < 1.29 is 9.53 Å². The van der Waals surface area contributed by atoms with Crippen molar-refractivity contribution in [3.05, 3.63) is 29.3 Å². The molecule has 0 spiro atoms. The first-order chi connectivity index (χ1) is 8.67. The van der Waals surface area contributed by atoms with E-state index in [9.17, 15) is 4.79 Å². The molecule has 5 heteroatoms. The normalized spacial score (nSPS) is 23.6. The van der Waals surface area contributed by atoms with Crippen LogP contribution >= 0.6 is 11.3 Å². The molecule has 3 rings (SSSR count). The molecule has 0 saturated carbocycles. The molecule has 0 bridgehead atoms. The zero-order chi connectivity index (χ0) is 12.6. The molecule has 94 valence electrons. The molecule has 1 saturated heterocycles. The maximum Gasteiger partial charge on any atom is 0.161 e. The molecule has 1 unspecified atom stereocenters. The molecule has 18 heavy (non-hydrogen) atoms. The number of thiazole rings is 1. The Hall–Kier alpha value is -1.30. The SMILES string of the molecule is NC1(C(=O)Cc2nc3ccccc3s2)CCOC1. The third kappa shape index (κ3) is 2.05. The van der Waals surface area contributed by atoms with Gasteiger partial charge in [-0.25, -0.2) is 4.98 Å². The van der Waals surface area contributed by atoms with E-state index in [1.165, 1.54) is 0 Å². The van der Waals surface area contributed by atoms with Crippen LogP contribution in [0.1, 0.15) is 11.4 Å². The summed E-state index contributed by atoms with van der Waals surface area (Å²) in [6.07, 6.45) is 0.913. The van der Waals surface area contributed by atoms with E-state index >= 15 is 0 Å². The fourth-order valence-electron chi connectivity index (χ4n) is 2.11. The van der Waals surface area contributed by atoms with Crippen LogP contribution in [0.25, 0.3) is 10.2 Å². The molecule has 1 aromatic carbocycles. The van der Waals surface area contributed by atoms with Gasteiger partial charge in [-0.1, -0.05) is 12.1 Å². The van der Waals surface area contributed by atoms with Crippen LogP contribution in [0.3, 0.4) is 0 Å². The molecule has 4 nitrogen and oxygen atoms in total. The van der Waals surface area contributed by atoms with Crippen LogP contribution in [0.4, 0.5) is 0 Å². The third-order valence-electron chi connectivity index (χ3n) is 3.26. The van der Waals surface area contributed by atoms with Crippen LogP contribution < -0.4 is 5.73 Å². The fourth-order valence-corrected chi connectivity index (χ4v) is 3.08. The van der Waals surface area contributed by atoms with Gasteiger partial charge in [0.05, 0.1) is 23.2 Å². The van der Waals surface area contributed by atoms with Crippen molar-refractivity contribution in [2.75, 3.05) is 13.2 Å². The Bertz CT molecular complexity index is 554. The van der Waals surface area contributed by atoms with E-state index in [2.05, 4.69) is 4.98 Å². The first-order valence-corrected chi connectivity index (χ1v) is 6.73. The zero-order valence-corrected chi connectivity index (χ0v) is 10.7. The lowest BCUT2D eigenvalue weighted by atomic mass is 9.93. The van der Waals surface area contributed by atoms with Gasteiger partial charge >= 0.3 is 0 Å². The van der Waals surface area contributed by atoms with Crippen molar-refractivity contribution in [3.8, 4) is 0 Å². The summed E-state index contributed by atoms with van der Waals surface area (Å²) < 4.78 is 6.32. The van der Waals surface area contributed by atoms with Crippen LogP contribution in [0.5, 0.6) is 0 Å². The average Bonchev–Trinajstić information content (AvgIpc) is 2.95. The number of nitrogens with two attached hydrogens (primary N) is 1. The van der Waals surface area contributed by atoms with E-state index in [1.54, 1.807) is 11.3 Å². The van der Waals surface area contributed by atoms with Crippen molar-refractivity contribution in [2.45, 2.75) is 18.4 Å². The van der Waals surface area contributed by atoms with E-state index in [0.29, 0.717) is 26.1 Å². The maximum absolute atomic E-state index is 12.2. The molecule has 0 amide bonds. The molecule has 1 aliphatic rings. The number of carbonyl (C=O) groups is 1. The molecule has 0 aliphatic carbocycles. The summed E-state index contributed by atoms with van der Waals surface area (Å²) >= 11 is 1.55. The lowest BCUT2D eigenvalue weighted by Gasteiger charge is -2.18. The van der Waals surface area contributed by atoms with Crippen LogP contribution in [-0.4, -0.2) is 29.5 Å². The highest BCUT2D eigenvalue weighted by atomic mass is 32.1. The largest absolute Gasteiger partial charge is 0.379 e. The minimum atomic E-state index is -0.808. The zero-order valence-electron chi connectivity index (χ0n) is 9.89. The Morgan fingerprint density at radius 1 is 1.50 bits per heavy atom. The summed E-state index contributed by atoms with van der Waals surface area (Å²) in [6.45, 7) is 0.902. The number of aromatic nitrogens is 1. The summed E-state index contributed by atoms with van der Waals surface area (Å²) in [7, 11) is 0. The molecule has 2 aromatic rings. The second kappa shape index (κ2) is 4.42. The minimum Gasteiger partial charge on any atom is -0.379 e. The molecule has 2 N–H and O–H groups in total. The predicted octanol–water partition coefficient (Wildman–Crippen LogP) is 1.53. The number of carbonyl (C=O) groups excluding carboxylic acids is 1. The van der Waals surface area contributed by atoms with E-state index in [-0.39, 0.29) is 5.78 Å². The predicted molar refractivity (Wildman–Crippen MR) is 70.7 cm³/mol. The van der Waals surface area contributed by atoms with E-state index in [4.69, 9.17) is 10.5 Å². The van der Waals surface area contributed by atoms with E-state index < -0.39 is 5.54 Å². The van der Waals surface area contributed by atoms with Crippen molar-refractivity contribution in [2.24, 2.45) is 5.73 Å². The van der Waals surface area contributed by atoms with Gasteiger partial charge in [-0.3, -0.25) is 4.79 Å². The van der Waals surface area contributed by atoms with Gasteiger partial charge in [0.25, 0.3) is 0 Å². The van der Waals surface area contributed by atoms with Crippen LogP contribution in [0.15, 0.2) is 24.3 Å². The number of rotatable bonds is 3. The molecule has 1 aliphatic heterocycles. The number of para-hydroxylation sites is 1. The standard InChI is InChI=1S/C13H14N2O2S/c14-13(5-6-17-8-13)11(16)7-12-15-9-3-1-2-4-10(9)18-12/h1-4H,5-8,14H2. The van der Waals surface area contributed by atoms with Crippen LogP contribution in [-0.2, 0) is 16.0 Å². The van der Waals surface area contributed by atoms with E-state index in [0.717, 1.165) is 15.2 Å². The number of Topliss-reactive ketones (excluding diaryl/α,β-unsaturated/α-hetero) is 1. The maximum atomic E-state index is 12.2. The summed E-state index contributed by atoms with van der Waals surface area (Å²) in [5.41, 5.74) is 6.18. The lowest BCUT2D eigenvalue weighted by Crippen LogP contribution is -2.49. The van der Waals surface area contributed by atoms with Gasteiger partial charge in [-0.05, 0) is 18.6 Å². The number of benzene rings is 1. The van der Waals surface area contributed by atoms with Gasteiger partial charge in [0, 0.05) is 6.61 Å². The number of ether oxygens (including phenoxy) is 1. The number of nitrogens with zero attached hydrogens (tertiary/aromatic N) is 1. The highest BCUT2D eigenvalue weighted by molar-refractivity contribution is 7.18. The highest BCUT2D eigenvalue weighted by Gasteiger charge is 2.38. The summed E-state index contributed by atoms with van der Waals surface area (Å²) in [5.74, 6) is 0.0269. The molecular weight excluding hydrogens is 248 g/mol. The second-order valence-electron chi connectivity index (χ2n) is 4.63. The third-order valence-corrected chi connectivity index (χ3v) is 4.29. The van der Waals surface area contributed by atoms with Crippen molar-refractivity contribution >= 4 is 27.3 Å². The van der Waals surface area contributed by atoms with Gasteiger partial charge in [0.15, 0.2) is 5.78 Å². The number of hydrogen-bond donors (Lipinski definition) is 1. The van der Waals surface area contributed by atoms with Gasteiger partial charge in [-0.2, -0.15) is 0 Å². The monoisotopic (exact) mass is 262 g/mol. The Balaban J connectivity index is 1.81. The number of hydrogen-bond acceptors (Lipinski definition) is 5. The molecule has 2 heterocycles. The van der Waals surface area contributed by atoms with Gasteiger partial charge in [0.2, 0.25) is 0 Å². The lowest BCUT2D eigenvalue weighted by molar-refractivity contribution is -0.123. The van der Waals surface area contributed by atoms with E-state index in [1.807, 2.05) is 24.3 Å². The van der Waals surface area contributed by atoms with Crippen LogP contribution in [0.2, 0.25) is 0 Å². The Kier molecular flexibility index (Phi) is 2.89. The Morgan fingerprint density at radius 2 is 2.33 bits per heavy atom. The number of ketones is 1. The Labute approximate surface area is 109 Å². The molecule has 1 fully saturated rings. The highest BCUT2D eigenvalue weighted by Crippen LogP contribution is 2.24. The van der Waals surface area contributed by atoms with Gasteiger partial charge in [0.1, 0.15) is 10.5 Å². The average molecular weight is 262 g/mol. The van der Waals surface area contributed by atoms with Crippen molar-refractivity contribution in [1.29, 1.82) is 0 Å². The topological polar surface area (TPSA) is 65.2 Å². The van der Waals surface area contributed by atoms with Gasteiger partial charge in [-0.15, -0.1) is 11.3 Å².